The molecule has 0 amide bonds. The van der Waals surface area contributed by atoms with E-state index in [0.29, 0.717) is 5.11 Å². The quantitative estimate of drug-likeness (QED) is 0.380. The fourth-order valence-corrected chi connectivity index (χ4v) is 1.55. The molecular formula is C10H14N4O3S. The van der Waals surface area contributed by atoms with Crippen molar-refractivity contribution >= 4 is 29.4 Å². The van der Waals surface area contributed by atoms with Crippen LogP contribution in [0.4, 0.5) is 5.88 Å². The van der Waals surface area contributed by atoms with Gasteiger partial charge in [-0.05, 0) is 32.1 Å². The molecule has 0 saturated heterocycles. The average molecular weight is 270 g/mol. The number of nitrogens with zero attached hydrogens (tertiary/aromatic N) is 3. The van der Waals surface area contributed by atoms with Crippen LogP contribution in [0, 0.1) is 10.1 Å². The highest BCUT2D eigenvalue weighted by Gasteiger charge is 2.10. The minimum absolute atomic E-state index is 0.288. The zero-order valence-electron chi connectivity index (χ0n) is 10.1. The molecule has 0 aliphatic carbocycles. The maximum Gasteiger partial charge on any atom is 0.433 e. The van der Waals surface area contributed by atoms with Gasteiger partial charge in [-0.3, -0.25) is 15.5 Å². The molecule has 1 aromatic heterocycles. The molecule has 0 spiro atoms. The molecule has 0 radical (unpaired) electrons. The molecular weight excluding hydrogens is 256 g/mol. The fourth-order valence-electron chi connectivity index (χ4n) is 1.24. The molecule has 98 valence electrons. The van der Waals surface area contributed by atoms with Gasteiger partial charge in [-0.1, -0.05) is 0 Å². The topological polar surface area (TPSA) is 83.9 Å². The van der Waals surface area contributed by atoms with Gasteiger partial charge in [0, 0.05) is 13.1 Å². The normalized spacial score (nSPS) is 10.6. The Morgan fingerprint density at radius 3 is 2.78 bits per heavy atom. The summed E-state index contributed by atoms with van der Waals surface area (Å²) in [6, 6.07) is 2.73. The van der Waals surface area contributed by atoms with Crippen molar-refractivity contribution in [2.24, 2.45) is 5.10 Å². The van der Waals surface area contributed by atoms with Gasteiger partial charge >= 0.3 is 5.88 Å². The molecule has 0 unspecified atom stereocenters. The SMILES string of the molecule is CCN(CC)C(=S)N/N=C\c1ccc([N+](=O)[O-])o1. The number of hydrogen-bond acceptors (Lipinski definition) is 5. The average Bonchev–Trinajstić information content (AvgIpc) is 2.79. The number of hydrogen-bond donors (Lipinski definition) is 1. The minimum atomic E-state index is -0.606. The van der Waals surface area contributed by atoms with Crippen LogP contribution < -0.4 is 5.43 Å². The van der Waals surface area contributed by atoms with Gasteiger partial charge in [-0.25, -0.2) is 0 Å². The number of hydrazone groups is 1. The first-order valence-corrected chi connectivity index (χ1v) is 5.81. The van der Waals surface area contributed by atoms with E-state index in [1.165, 1.54) is 18.3 Å². The highest BCUT2D eigenvalue weighted by molar-refractivity contribution is 7.80. The number of rotatable bonds is 5. The molecule has 0 aliphatic heterocycles. The van der Waals surface area contributed by atoms with Crippen LogP contribution >= 0.6 is 12.2 Å². The van der Waals surface area contributed by atoms with E-state index in [0.717, 1.165) is 13.1 Å². The number of thiocarbonyl (C=S) groups is 1. The van der Waals surface area contributed by atoms with Crippen molar-refractivity contribution in [3.8, 4) is 0 Å². The second-order valence-corrected chi connectivity index (χ2v) is 3.67. The third kappa shape index (κ3) is 3.81. The van der Waals surface area contributed by atoms with Gasteiger partial charge in [0.2, 0.25) is 0 Å². The molecule has 7 nitrogen and oxygen atoms in total. The molecule has 1 rings (SSSR count). The highest BCUT2D eigenvalue weighted by atomic mass is 32.1. The fraction of sp³-hybridized carbons (Fsp3) is 0.400. The lowest BCUT2D eigenvalue weighted by atomic mass is 10.5. The Hall–Kier alpha value is -1.96. The Balaban J connectivity index is 2.54. The first kappa shape index (κ1) is 14.1. The van der Waals surface area contributed by atoms with Crippen LogP contribution in [0.2, 0.25) is 0 Å². The van der Waals surface area contributed by atoms with E-state index in [4.69, 9.17) is 16.6 Å². The summed E-state index contributed by atoms with van der Waals surface area (Å²) in [5.41, 5.74) is 2.67. The monoisotopic (exact) mass is 270 g/mol. The van der Waals surface area contributed by atoms with Crippen LogP contribution in [-0.4, -0.2) is 34.2 Å². The van der Waals surface area contributed by atoms with Crippen molar-refractivity contribution in [2.45, 2.75) is 13.8 Å². The van der Waals surface area contributed by atoms with Crippen LogP contribution in [0.15, 0.2) is 21.7 Å². The maximum atomic E-state index is 10.4. The number of nitro groups is 1. The van der Waals surface area contributed by atoms with E-state index < -0.39 is 4.92 Å². The zero-order chi connectivity index (χ0) is 13.5. The first-order valence-electron chi connectivity index (χ1n) is 5.40. The molecule has 0 aliphatic rings. The first-order chi connectivity index (χ1) is 8.58. The molecule has 0 atom stereocenters. The third-order valence-corrected chi connectivity index (χ3v) is 2.54. The van der Waals surface area contributed by atoms with E-state index >= 15 is 0 Å². The van der Waals surface area contributed by atoms with Crippen LogP contribution in [0.3, 0.4) is 0 Å². The summed E-state index contributed by atoms with van der Waals surface area (Å²) in [7, 11) is 0. The van der Waals surface area contributed by atoms with Crippen molar-refractivity contribution in [1.82, 2.24) is 10.3 Å². The summed E-state index contributed by atoms with van der Waals surface area (Å²) in [5, 5.41) is 14.7. The van der Waals surface area contributed by atoms with E-state index in [-0.39, 0.29) is 11.6 Å². The Morgan fingerprint density at radius 1 is 1.61 bits per heavy atom. The standard InChI is InChI=1S/C10H14N4O3S/c1-3-13(4-2)10(18)12-11-7-8-5-6-9(17-8)14(15)16/h5-7H,3-4H2,1-2H3,(H,12,18)/b11-7-. The van der Waals surface area contributed by atoms with E-state index in [9.17, 15) is 10.1 Å². The van der Waals surface area contributed by atoms with Gasteiger partial charge < -0.3 is 9.32 Å². The van der Waals surface area contributed by atoms with E-state index in [1.807, 2.05) is 18.7 Å². The Bertz CT molecular complexity index is 454. The van der Waals surface area contributed by atoms with Crippen molar-refractivity contribution in [3.63, 3.8) is 0 Å². The van der Waals surface area contributed by atoms with Crippen LogP contribution in [-0.2, 0) is 0 Å². The molecule has 0 fully saturated rings. The summed E-state index contributed by atoms with van der Waals surface area (Å²) >= 11 is 5.10. The third-order valence-electron chi connectivity index (χ3n) is 2.20. The van der Waals surface area contributed by atoms with Crippen molar-refractivity contribution in [3.05, 3.63) is 28.0 Å². The van der Waals surface area contributed by atoms with Crippen LogP contribution in [0.1, 0.15) is 19.6 Å². The van der Waals surface area contributed by atoms with Gasteiger partial charge in [-0.2, -0.15) is 5.10 Å². The van der Waals surface area contributed by atoms with Gasteiger partial charge in [-0.15, -0.1) is 0 Å². The zero-order valence-corrected chi connectivity index (χ0v) is 10.9. The molecule has 0 bridgehead atoms. The summed E-state index contributed by atoms with van der Waals surface area (Å²) in [6.07, 6.45) is 1.34. The molecule has 1 N–H and O–H groups in total. The number of furan rings is 1. The van der Waals surface area contributed by atoms with Gasteiger partial charge in [0.1, 0.15) is 4.92 Å². The lowest BCUT2D eigenvalue weighted by Gasteiger charge is -2.20. The van der Waals surface area contributed by atoms with Crippen LogP contribution in [0.25, 0.3) is 0 Å². The predicted octanol–water partition coefficient (Wildman–Crippen LogP) is 1.74. The second kappa shape index (κ2) is 6.70. The summed E-state index contributed by atoms with van der Waals surface area (Å²) in [6.45, 7) is 5.53. The Labute approximate surface area is 110 Å². The maximum absolute atomic E-state index is 10.4. The molecule has 1 heterocycles. The minimum Gasteiger partial charge on any atom is -0.400 e. The molecule has 8 heteroatoms. The summed E-state index contributed by atoms with van der Waals surface area (Å²) in [4.78, 5) is 11.7. The Kier molecular flexibility index (Phi) is 5.25. The lowest BCUT2D eigenvalue weighted by Crippen LogP contribution is -2.37. The van der Waals surface area contributed by atoms with Crippen molar-refractivity contribution in [2.75, 3.05) is 13.1 Å². The van der Waals surface area contributed by atoms with E-state index in [1.54, 1.807) is 0 Å². The lowest BCUT2D eigenvalue weighted by molar-refractivity contribution is -0.402. The summed E-state index contributed by atoms with van der Waals surface area (Å²) < 4.78 is 4.89. The second-order valence-electron chi connectivity index (χ2n) is 3.28. The molecule has 0 saturated carbocycles. The van der Waals surface area contributed by atoms with Crippen molar-refractivity contribution in [1.29, 1.82) is 0 Å². The predicted molar refractivity (Wildman–Crippen MR) is 71.6 cm³/mol. The largest absolute Gasteiger partial charge is 0.433 e. The Morgan fingerprint density at radius 2 is 2.28 bits per heavy atom. The van der Waals surface area contributed by atoms with E-state index in [2.05, 4.69) is 10.5 Å². The summed E-state index contributed by atoms with van der Waals surface area (Å²) in [5.74, 6) is -0.0284. The van der Waals surface area contributed by atoms with Crippen LogP contribution in [0.5, 0.6) is 0 Å². The molecule has 18 heavy (non-hydrogen) atoms. The smallest absolute Gasteiger partial charge is 0.400 e. The molecule has 0 aromatic carbocycles. The van der Waals surface area contributed by atoms with Gasteiger partial charge in [0.25, 0.3) is 0 Å². The highest BCUT2D eigenvalue weighted by Crippen LogP contribution is 2.13. The van der Waals surface area contributed by atoms with Crippen molar-refractivity contribution < 1.29 is 9.34 Å². The van der Waals surface area contributed by atoms with Gasteiger partial charge in [0.15, 0.2) is 10.9 Å². The number of nitrogens with one attached hydrogen (secondary N) is 1. The van der Waals surface area contributed by atoms with Gasteiger partial charge in [0.05, 0.1) is 12.3 Å². The molecule has 1 aromatic rings.